The van der Waals surface area contributed by atoms with Gasteiger partial charge in [0.25, 0.3) is 0 Å². The summed E-state index contributed by atoms with van der Waals surface area (Å²) in [6.45, 7) is 4.27. The number of nitrogens with one attached hydrogen (secondary N) is 1. The first kappa shape index (κ1) is 80.0. The SMILES string of the molecule is CC/C=C\C/C=C\C/C=C\C/C=C\C/C=C\C/C=C\C/C=C\C/C=C\C/C=C\CCCCCCCCCCCCCCCC(=O)NC(CO)C(O)CCCCCCCCCCCCCCCCCCCCCCCCCCCCCCCC. The van der Waals surface area contributed by atoms with Crippen LogP contribution in [0.25, 0.3) is 0 Å². The quantitative estimate of drug-likeness (QED) is 0.0420. The fourth-order valence-corrected chi connectivity index (χ4v) is 11.1. The van der Waals surface area contributed by atoms with Gasteiger partial charge in [0.2, 0.25) is 5.91 Å². The average molecular weight is 1150 g/mol. The van der Waals surface area contributed by atoms with E-state index < -0.39 is 12.1 Å². The van der Waals surface area contributed by atoms with E-state index in [1.165, 1.54) is 257 Å². The molecule has 0 bridgehead atoms. The maximum absolute atomic E-state index is 12.6. The van der Waals surface area contributed by atoms with Gasteiger partial charge >= 0.3 is 0 Å². The van der Waals surface area contributed by atoms with Crippen LogP contribution in [0.4, 0.5) is 0 Å². The largest absolute Gasteiger partial charge is 0.394 e. The van der Waals surface area contributed by atoms with E-state index in [1.807, 2.05) is 0 Å². The van der Waals surface area contributed by atoms with Gasteiger partial charge in [-0.3, -0.25) is 4.79 Å². The summed E-state index contributed by atoms with van der Waals surface area (Å²) in [7, 11) is 0. The van der Waals surface area contributed by atoms with Gasteiger partial charge in [0.1, 0.15) is 0 Å². The van der Waals surface area contributed by atoms with Gasteiger partial charge in [0.15, 0.2) is 0 Å². The van der Waals surface area contributed by atoms with E-state index in [0.717, 1.165) is 83.5 Å². The molecule has 2 atom stereocenters. The predicted octanol–water partition coefficient (Wildman–Crippen LogP) is 25.3. The summed E-state index contributed by atoms with van der Waals surface area (Å²) in [6, 6.07) is -0.545. The second kappa shape index (κ2) is 73.3. The third-order valence-corrected chi connectivity index (χ3v) is 16.5. The number of carbonyl (C=O) groups is 1. The fourth-order valence-electron chi connectivity index (χ4n) is 11.1. The smallest absolute Gasteiger partial charge is 0.220 e. The molecule has 0 fully saturated rings. The number of aliphatic hydroxyl groups is 2. The second-order valence-electron chi connectivity index (χ2n) is 24.6. The minimum Gasteiger partial charge on any atom is -0.394 e. The summed E-state index contributed by atoms with van der Waals surface area (Å²) in [4.78, 5) is 12.6. The maximum Gasteiger partial charge on any atom is 0.220 e. The van der Waals surface area contributed by atoms with Crippen LogP contribution < -0.4 is 5.32 Å². The molecular weight excluding hydrogens is 1010 g/mol. The highest BCUT2D eigenvalue weighted by molar-refractivity contribution is 5.76. The lowest BCUT2D eigenvalue weighted by Crippen LogP contribution is -2.45. The number of unbranched alkanes of at least 4 members (excludes halogenated alkanes) is 42. The lowest BCUT2D eigenvalue weighted by atomic mass is 10.0. The second-order valence-corrected chi connectivity index (χ2v) is 24.6. The molecule has 2 unspecified atom stereocenters. The molecule has 0 aromatic heterocycles. The zero-order chi connectivity index (χ0) is 59.8. The van der Waals surface area contributed by atoms with Gasteiger partial charge in [-0.05, 0) is 83.5 Å². The zero-order valence-electron chi connectivity index (χ0n) is 55.4. The Labute approximate surface area is 518 Å². The molecule has 0 aliphatic rings. The van der Waals surface area contributed by atoms with Crippen molar-refractivity contribution in [3.8, 4) is 0 Å². The molecule has 83 heavy (non-hydrogen) atoms. The molecule has 0 saturated heterocycles. The molecule has 0 aliphatic heterocycles. The number of hydrogen-bond donors (Lipinski definition) is 3. The van der Waals surface area contributed by atoms with E-state index in [2.05, 4.69) is 129 Å². The molecule has 1 amide bonds. The third kappa shape index (κ3) is 69.7. The molecule has 3 N–H and O–H groups in total. The van der Waals surface area contributed by atoms with Crippen molar-refractivity contribution in [3.63, 3.8) is 0 Å². The Morgan fingerprint density at radius 1 is 0.301 bits per heavy atom. The number of hydrogen-bond acceptors (Lipinski definition) is 3. The topological polar surface area (TPSA) is 69.6 Å². The highest BCUT2D eigenvalue weighted by atomic mass is 16.3. The van der Waals surface area contributed by atoms with Crippen molar-refractivity contribution in [1.82, 2.24) is 5.32 Å². The van der Waals surface area contributed by atoms with Crippen LogP contribution in [0.3, 0.4) is 0 Å². The van der Waals surface area contributed by atoms with Crippen molar-refractivity contribution in [2.24, 2.45) is 0 Å². The van der Waals surface area contributed by atoms with Gasteiger partial charge in [0.05, 0.1) is 18.8 Å². The lowest BCUT2D eigenvalue weighted by molar-refractivity contribution is -0.123. The molecule has 0 aromatic rings. The zero-order valence-corrected chi connectivity index (χ0v) is 55.4. The number of allylic oxidation sites excluding steroid dienone is 18. The van der Waals surface area contributed by atoms with Crippen LogP contribution in [-0.4, -0.2) is 34.9 Å². The molecule has 0 heterocycles. The van der Waals surface area contributed by atoms with Crippen molar-refractivity contribution in [1.29, 1.82) is 0 Å². The third-order valence-electron chi connectivity index (χ3n) is 16.5. The van der Waals surface area contributed by atoms with E-state index in [-0.39, 0.29) is 12.5 Å². The Hall–Kier alpha value is -2.95. The summed E-state index contributed by atoms with van der Waals surface area (Å²) in [5.41, 5.74) is 0. The fraction of sp³-hybridized carbons (Fsp3) is 0.759. The molecule has 0 radical (unpaired) electrons. The van der Waals surface area contributed by atoms with E-state index in [9.17, 15) is 15.0 Å². The summed E-state index contributed by atoms with van der Waals surface area (Å²) < 4.78 is 0. The molecule has 0 aliphatic carbocycles. The number of aliphatic hydroxyl groups excluding tert-OH is 2. The van der Waals surface area contributed by atoms with Crippen LogP contribution in [0, 0.1) is 0 Å². The van der Waals surface area contributed by atoms with Crippen molar-refractivity contribution in [2.45, 2.75) is 379 Å². The van der Waals surface area contributed by atoms with Crippen molar-refractivity contribution in [3.05, 3.63) is 109 Å². The number of carbonyl (C=O) groups excluding carboxylic acids is 1. The van der Waals surface area contributed by atoms with Crippen LogP contribution in [0.5, 0.6) is 0 Å². The summed E-state index contributed by atoms with van der Waals surface area (Å²) in [6.07, 6.45) is 110. The molecule has 4 heteroatoms. The Balaban J connectivity index is 3.48. The highest BCUT2D eigenvalue weighted by Gasteiger charge is 2.20. The Morgan fingerprint density at radius 2 is 0.530 bits per heavy atom. The number of rotatable bonds is 67. The van der Waals surface area contributed by atoms with Gasteiger partial charge in [0, 0.05) is 6.42 Å². The van der Waals surface area contributed by atoms with Crippen LogP contribution in [0.2, 0.25) is 0 Å². The van der Waals surface area contributed by atoms with Crippen LogP contribution >= 0.6 is 0 Å². The van der Waals surface area contributed by atoms with Crippen LogP contribution in [-0.2, 0) is 4.79 Å². The maximum atomic E-state index is 12.6. The summed E-state index contributed by atoms with van der Waals surface area (Å²) in [5, 5.41) is 23.5. The minimum atomic E-state index is -0.668. The van der Waals surface area contributed by atoms with E-state index in [1.54, 1.807) is 0 Å². The van der Waals surface area contributed by atoms with E-state index >= 15 is 0 Å². The molecule has 0 saturated carbocycles. The van der Waals surface area contributed by atoms with Gasteiger partial charge in [-0.15, -0.1) is 0 Å². The Bertz CT molecular complexity index is 1540. The summed E-state index contributed by atoms with van der Waals surface area (Å²) in [5.74, 6) is -0.0310. The highest BCUT2D eigenvalue weighted by Crippen LogP contribution is 2.19. The monoisotopic (exact) mass is 1150 g/mol. The van der Waals surface area contributed by atoms with Gasteiger partial charge in [-0.2, -0.15) is 0 Å². The van der Waals surface area contributed by atoms with Crippen molar-refractivity contribution >= 4 is 5.91 Å². The molecule has 0 rings (SSSR count). The molecular formula is C79H141NO3. The van der Waals surface area contributed by atoms with Gasteiger partial charge in [-0.25, -0.2) is 0 Å². The van der Waals surface area contributed by atoms with Crippen LogP contribution in [0.1, 0.15) is 367 Å². The first-order valence-electron chi connectivity index (χ1n) is 36.6. The lowest BCUT2D eigenvalue weighted by Gasteiger charge is -2.22. The van der Waals surface area contributed by atoms with Crippen LogP contribution in [0.15, 0.2) is 109 Å². The first-order valence-corrected chi connectivity index (χ1v) is 36.6. The normalized spacial score (nSPS) is 13.3. The average Bonchev–Trinajstić information content (AvgIpc) is 3.51. The number of amides is 1. The standard InChI is InChI=1S/C79H141NO3/c1-3-5-7-9-11-13-15-17-19-21-23-25-27-29-31-33-35-36-37-38-39-40-41-42-43-44-45-47-49-51-53-55-57-59-61-63-65-67-69-71-73-75-79(83)80-77(76-81)78(82)74-72-70-68-66-64-62-60-58-56-54-52-50-48-46-34-32-30-28-26-24-22-20-18-16-14-12-10-8-6-4-2/h5,7,11,13,17,19,23,25,29,31,35-36,38-39,41-42,44-45,77-78,81-82H,3-4,6,8-10,12,14-16,18,20-22,24,26-28,30,32-34,37,40,43,46-76H2,1-2H3,(H,80,83)/b7-5-,13-11-,19-17-,25-23-,31-29-,36-35-,39-38-,42-41-,45-44-. The van der Waals surface area contributed by atoms with E-state index in [0.29, 0.717) is 12.8 Å². The van der Waals surface area contributed by atoms with Crippen molar-refractivity contribution in [2.75, 3.05) is 6.61 Å². The molecule has 0 aromatic carbocycles. The van der Waals surface area contributed by atoms with Gasteiger partial charge < -0.3 is 15.5 Å². The van der Waals surface area contributed by atoms with Gasteiger partial charge in [-0.1, -0.05) is 386 Å². The minimum absolute atomic E-state index is 0.0310. The predicted molar refractivity (Wildman–Crippen MR) is 373 cm³/mol. The Morgan fingerprint density at radius 3 is 0.795 bits per heavy atom. The molecule has 480 valence electrons. The Kier molecular flexibility index (Phi) is 70.7. The molecule has 4 nitrogen and oxygen atoms in total. The van der Waals surface area contributed by atoms with Crippen molar-refractivity contribution < 1.29 is 15.0 Å². The van der Waals surface area contributed by atoms with E-state index in [4.69, 9.17) is 0 Å². The molecule has 0 spiro atoms. The first-order chi connectivity index (χ1) is 41.2. The summed E-state index contributed by atoms with van der Waals surface area (Å²) >= 11 is 0.